The Morgan fingerprint density at radius 3 is 2.62 bits per heavy atom. The SMILES string of the molecule is Cc1nn(C)c2sc(C(=O)N[C@@H](CC(=O)O)C(=O)O)cc12. The Morgan fingerprint density at radius 2 is 2.10 bits per heavy atom. The fourth-order valence-electron chi connectivity index (χ4n) is 1.92. The number of nitrogens with one attached hydrogen (secondary N) is 1. The van der Waals surface area contributed by atoms with Gasteiger partial charge in [0.2, 0.25) is 0 Å². The zero-order valence-electron chi connectivity index (χ0n) is 11.3. The molecule has 3 N–H and O–H groups in total. The number of hydrogen-bond acceptors (Lipinski definition) is 5. The summed E-state index contributed by atoms with van der Waals surface area (Å²) in [5.74, 6) is -3.28. The first kappa shape index (κ1) is 15.0. The molecule has 1 amide bonds. The zero-order chi connectivity index (χ0) is 15.7. The molecule has 0 aliphatic rings. The van der Waals surface area contributed by atoms with Crippen LogP contribution in [-0.2, 0) is 16.6 Å². The number of aromatic nitrogens is 2. The first-order valence-electron chi connectivity index (χ1n) is 5.98. The second-order valence-corrected chi connectivity index (χ2v) is 5.53. The van der Waals surface area contributed by atoms with Crippen LogP contribution in [0.1, 0.15) is 21.8 Å². The molecule has 112 valence electrons. The minimum absolute atomic E-state index is 0.317. The monoisotopic (exact) mass is 311 g/mol. The summed E-state index contributed by atoms with van der Waals surface area (Å²) in [5, 5.41) is 24.8. The number of carboxylic acids is 2. The van der Waals surface area contributed by atoms with Gasteiger partial charge in [-0.25, -0.2) is 4.79 Å². The maximum absolute atomic E-state index is 12.0. The number of nitrogens with zero attached hydrogens (tertiary/aromatic N) is 2. The Bertz CT molecular complexity index is 698. The van der Waals surface area contributed by atoms with Gasteiger partial charge in [-0.2, -0.15) is 5.10 Å². The Kier molecular flexibility index (Phi) is 3.94. The third-order valence-corrected chi connectivity index (χ3v) is 4.10. The summed E-state index contributed by atoms with van der Waals surface area (Å²) in [6.07, 6.45) is -0.674. The normalized spacial score (nSPS) is 12.3. The molecule has 2 rings (SSSR count). The number of aryl methyl sites for hydroxylation is 2. The summed E-state index contributed by atoms with van der Waals surface area (Å²) in [5.41, 5.74) is 0.767. The van der Waals surface area contributed by atoms with E-state index in [1.54, 1.807) is 24.7 Å². The number of fused-ring (bicyclic) bond motifs is 1. The van der Waals surface area contributed by atoms with Gasteiger partial charge in [-0.1, -0.05) is 0 Å². The molecule has 2 aromatic heterocycles. The minimum atomic E-state index is -1.46. The van der Waals surface area contributed by atoms with Crippen molar-refractivity contribution in [3.8, 4) is 0 Å². The number of rotatable bonds is 5. The van der Waals surface area contributed by atoms with Crippen LogP contribution in [0.4, 0.5) is 0 Å². The van der Waals surface area contributed by atoms with Crippen LogP contribution in [0.5, 0.6) is 0 Å². The van der Waals surface area contributed by atoms with Crippen molar-refractivity contribution in [3.63, 3.8) is 0 Å². The van der Waals surface area contributed by atoms with E-state index in [1.165, 1.54) is 11.3 Å². The first-order valence-corrected chi connectivity index (χ1v) is 6.80. The molecule has 0 aromatic carbocycles. The average molecular weight is 311 g/mol. The van der Waals surface area contributed by atoms with Crippen LogP contribution in [0.25, 0.3) is 10.2 Å². The molecule has 0 radical (unpaired) electrons. The van der Waals surface area contributed by atoms with Gasteiger partial charge in [0.05, 0.1) is 17.0 Å². The molecule has 2 heterocycles. The molecular formula is C12H13N3O5S. The van der Waals surface area contributed by atoms with Crippen LogP contribution in [0.2, 0.25) is 0 Å². The van der Waals surface area contributed by atoms with Crippen LogP contribution in [-0.4, -0.2) is 43.9 Å². The lowest BCUT2D eigenvalue weighted by atomic mass is 10.2. The van der Waals surface area contributed by atoms with E-state index < -0.39 is 30.3 Å². The van der Waals surface area contributed by atoms with Gasteiger partial charge in [0.1, 0.15) is 10.9 Å². The predicted octanol–water partition coefficient (Wildman–Crippen LogP) is 0.601. The number of hydrogen-bond donors (Lipinski definition) is 3. The lowest BCUT2D eigenvalue weighted by molar-refractivity contribution is -0.145. The summed E-state index contributed by atoms with van der Waals surface area (Å²) >= 11 is 1.17. The van der Waals surface area contributed by atoms with Crippen molar-refractivity contribution in [2.24, 2.45) is 7.05 Å². The standard InChI is InChI=1S/C12H13N3O5S/c1-5-6-3-8(21-11(6)15(2)14-5)10(18)13-7(12(19)20)4-9(16)17/h3,7H,4H2,1-2H3,(H,13,18)(H,16,17)(H,19,20)/t7-/m0/s1. The van der Waals surface area contributed by atoms with Gasteiger partial charge in [-0.3, -0.25) is 14.3 Å². The van der Waals surface area contributed by atoms with E-state index in [0.29, 0.717) is 4.88 Å². The van der Waals surface area contributed by atoms with Gasteiger partial charge >= 0.3 is 11.9 Å². The lowest BCUT2D eigenvalue weighted by Gasteiger charge is -2.11. The fourth-order valence-corrected chi connectivity index (χ4v) is 2.95. The summed E-state index contributed by atoms with van der Waals surface area (Å²) < 4.78 is 1.64. The number of carbonyl (C=O) groups excluding carboxylic acids is 1. The third-order valence-electron chi connectivity index (χ3n) is 2.90. The summed E-state index contributed by atoms with van der Waals surface area (Å²) in [6, 6.07) is 0.164. The van der Waals surface area contributed by atoms with E-state index in [-0.39, 0.29) is 0 Å². The molecule has 0 saturated carbocycles. The van der Waals surface area contributed by atoms with Gasteiger partial charge in [0.15, 0.2) is 0 Å². The van der Waals surface area contributed by atoms with Gasteiger partial charge in [-0.15, -0.1) is 11.3 Å². The Hall–Kier alpha value is -2.42. The molecule has 0 aliphatic carbocycles. The molecule has 0 saturated heterocycles. The van der Waals surface area contributed by atoms with Gasteiger partial charge in [0, 0.05) is 12.4 Å². The van der Waals surface area contributed by atoms with Crippen LogP contribution in [0.15, 0.2) is 6.07 Å². The van der Waals surface area contributed by atoms with Crippen LogP contribution < -0.4 is 5.32 Å². The number of carbonyl (C=O) groups is 3. The average Bonchev–Trinajstić information content (AvgIpc) is 2.91. The van der Waals surface area contributed by atoms with Gasteiger partial charge in [0.25, 0.3) is 5.91 Å². The van der Waals surface area contributed by atoms with Crippen LogP contribution in [0, 0.1) is 6.92 Å². The zero-order valence-corrected chi connectivity index (χ0v) is 12.1. The summed E-state index contributed by atoms with van der Waals surface area (Å²) in [4.78, 5) is 34.7. The van der Waals surface area contributed by atoms with Crippen molar-refractivity contribution < 1.29 is 24.6 Å². The molecule has 2 aromatic rings. The van der Waals surface area contributed by atoms with Gasteiger partial charge < -0.3 is 15.5 Å². The highest BCUT2D eigenvalue weighted by Crippen LogP contribution is 2.27. The quantitative estimate of drug-likeness (QED) is 0.743. The summed E-state index contributed by atoms with van der Waals surface area (Å²) in [6.45, 7) is 1.81. The van der Waals surface area contributed by atoms with Crippen molar-refractivity contribution >= 4 is 39.4 Å². The summed E-state index contributed by atoms with van der Waals surface area (Å²) in [7, 11) is 1.75. The highest BCUT2D eigenvalue weighted by molar-refractivity contribution is 7.20. The topological polar surface area (TPSA) is 122 Å². The first-order chi connectivity index (χ1) is 9.79. The van der Waals surface area contributed by atoms with E-state index in [0.717, 1.165) is 15.9 Å². The second kappa shape index (κ2) is 5.52. The van der Waals surface area contributed by atoms with Crippen LogP contribution in [0.3, 0.4) is 0 Å². The van der Waals surface area contributed by atoms with E-state index in [9.17, 15) is 14.4 Å². The highest BCUT2D eigenvalue weighted by Gasteiger charge is 2.25. The smallest absolute Gasteiger partial charge is 0.326 e. The van der Waals surface area contributed by atoms with E-state index >= 15 is 0 Å². The van der Waals surface area contributed by atoms with Crippen molar-refractivity contribution in [1.82, 2.24) is 15.1 Å². The molecule has 0 spiro atoms. The maximum Gasteiger partial charge on any atom is 0.326 e. The minimum Gasteiger partial charge on any atom is -0.481 e. The van der Waals surface area contributed by atoms with E-state index in [1.807, 2.05) is 0 Å². The molecule has 0 unspecified atom stereocenters. The van der Waals surface area contributed by atoms with Crippen LogP contribution >= 0.6 is 11.3 Å². The van der Waals surface area contributed by atoms with Crippen molar-refractivity contribution in [1.29, 1.82) is 0 Å². The molecule has 0 fully saturated rings. The largest absolute Gasteiger partial charge is 0.481 e. The molecule has 8 nitrogen and oxygen atoms in total. The number of amides is 1. The highest BCUT2D eigenvalue weighted by atomic mass is 32.1. The fraction of sp³-hybridized carbons (Fsp3) is 0.333. The number of aliphatic carboxylic acids is 2. The maximum atomic E-state index is 12.0. The Balaban J connectivity index is 2.23. The molecule has 21 heavy (non-hydrogen) atoms. The number of carboxylic acid groups (broad SMARTS) is 2. The van der Waals surface area contributed by atoms with E-state index in [4.69, 9.17) is 10.2 Å². The Morgan fingerprint density at radius 1 is 1.43 bits per heavy atom. The molecule has 0 aliphatic heterocycles. The third kappa shape index (κ3) is 3.02. The van der Waals surface area contributed by atoms with Crippen molar-refractivity contribution in [2.45, 2.75) is 19.4 Å². The lowest BCUT2D eigenvalue weighted by Crippen LogP contribution is -2.41. The van der Waals surface area contributed by atoms with E-state index in [2.05, 4.69) is 10.4 Å². The second-order valence-electron chi connectivity index (χ2n) is 4.50. The van der Waals surface area contributed by atoms with Crippen molar-refractivity contribution in [3.05, 3.63) is 16.6 Å². The predicted molar refractivity (Wildman–Crippen MR) is 74.5 cm³/mol. The van der Waals surface area contributed by atoms with Gasteiger partial charge in [-0.05, 0) is 13.0 Å². The molecule has 0 bridgehead atoms. The number of thiophene rings is 1. The molecular weight excluding hydrogens is 298 g/mol. The van der Waals surface area contributed by atoms with Crippen molar-refractivity contribution in [2.75, 3.05) is 0 Å². The molecule has 9 heteroatoms. The molecule has 1 atom stereocenters. The Labute approximate surface area is 123 Å².